The molecule has 1 aliphatic rings. The molecular formula is C18H22BrFN4. The fourth-order valence-electron chi connectivity index (χ4n) is 3.21. The number of benzene rings is 1. The lowest BCUT2D eigenvalue weighted by atomic mass is 10.0. The Hall–Kier alpha value is -1.37. The van der Waals surface area contributed by atoms with E-state index in [4.69, 9.17) is 0 Å². The van der Waals surface area contributed by atoms with Crippen LogP contribution in [0.5, 0.6) is 0 Å². The van der Waals surface area contributed by atoms with Crippen LogP contribution < -0.4 is 5.32 Å². The van der Waals surface area contributed by atoms with Gasteiger partial charge in [-0.2, -0.15) is 0 Å². The van der Waals surface area contributed by atoms with Crippen LogP contribution in [0, 0.1) is 5.82 Å². The smallest absolute Gasteiger partial charge is 0.128 e. The number of halogens is 2. The van der Waals surface area contributed by atoms with Crippen molar-refractivity contribution in [3.05, 3.63) is 58.3 Å². The number of hydrogen-bond donors (Lipinski definition) is 1. The highest BCUT2D eigenvalue weighted by atomic mass is 79.9. The van der Waals surface area contributed by atoms with Crippen molar-refractivity contribution in [1.29, 1.82) is 0 Å². The zero-order valence-electron chi connectivity index (χ0n) is 13.6. The number of nitrogens with one attached hydrogen (secondary N) is 1. The summed E-state index contributed by atoms with van der Waals surface area (Å²) in [5.41, 5.74) is 1.77. The molecule has 0 bridgehead atoms. The van der Waals surface area contributed by atoms with Gasteiger partial charge in [-0.1, -0.05) is 22.0 Å². The minimum atomic E-state index is -0.162. The molecule has 1 aliphatic heterocycles. The van der Waals surface area contributed by atoms with E-state index in [2.05, 4.69) is 36.1 Å². The van der Waals surface area contributed by atoms with Crippen LogP contribution in [-0.4, -0.2) is 34.0 Å². The SMILES string of the molecule is Fc1cccc(Br)c1CN(Cc1cncnc1)C1CCCNCC1. The van der Waals surface area contributed by atoms with Gasteiger partial charge in [-0.05, 0) is 44.5 Å². The van der Waals surface area contributed by atoms with Gasteiger partial charge >= 0.3 is 0 Å². The summed E-state index contributed by atoms with van der Waals surface area (Å²) in [4.78, 5) is 10.6. The Morgan fingerprint density at radius 2 is 2.00 bits per heavy atom. The van der Waals surface area contributed by atoms with Crippen LogP contribution in [0.4, 0.5) is 4.39 Å². The summed E-state index contributed by atoms with van der Waals surface area (Å²) in [6.45, 7) is 3.37. The number of hydrogen-bond acceptors (Lipinski definition) is 4. The monoisotopic (exact) mass is 392 g/mol. The van der Waals surface area contributed by atoms with Crippen molar-refractivity contribution in [3.8, 4) is 0 Å². The predicted octanol–water partition coefficient (Wildman–Crippen LogP) is 3.52. The summed E-state index contributed by atoms with van der Waals surface area (Å²) in [6.07, 6.45) is 8.55. The van der Waals surface area contributed by atoms with Crippen molar-refractivity contribution >= 4 is 15.9 Å². The molecule has 4 nitrogen and oxygen atoms in total. The molecule has 3 rings (SSSR count). The highest BCUT2D eigenvalue weighted by Gasteiger charge is 2.22. The highest BCUT2D eigenvalue weighted by Crippen LogP contribution is 2.25. The Morgan fingerprint density at radius 3 is 2.79 bits per heavy atom. The zero-order valence-corrected chi connectivity index (χ0v) is 15.2. The molecule has 0 spiro atoms. The predicted molar refractivity (Wildman–Crippen MR) is 95.9 cm³/mol. The van der Waals surface area contributed by atoms with Crippen LogP contribution in [0.1, 0.15) is 30.4 Å². The third-order valence-electron chi connectivity index (χ3n) is 4.48. The Labute approximate surface area is 150 Å². The fraction of sp³-hybridized carbons (Fsp3) is 0.444. The second-order valence-corrected chi connectivity index (χ2v) is 7.04. The summed E-state index contributed by atoms with van der Waals surface area (Å²) in [7, 11) is 0. The molecule has 1 fully saturated rings. The van der Waals surface area contributed by atoms with E-state index in [0.29, 0.717) is 18.2 Å². The molecule has 6 heteroatoms. The van der Waals surface area contributed by atoms with E-state index in [1.807, 2.05) is 18.5 Å². The molecule has 0 amide bonds. The van der Waals surface area contributed by atoms with Crippen LogP contribution in [0.3, 0.4) is 0 Å². The molecular weight excluding hydrogens is 371 g/mol. The summed E-state index contributed by atoms with van der Waals surface area (Å²) in [5, 5.41) is 3.45. The van der Waals surface area contributed by atoms with Crippen molar-refractivity contribution in [2.75, 3.05) is 13.1 Å². The first-order chi connectivity index (χ1) is 11.7. The van der Waals surface area contributed by atoms with Gasteiger partial charge in [0.15, 0.2) is 0 Å². The Morgan fingerprint density at radius 1 is 1.17 bits per heavy atom. The largest absolute Gasteiger partial charge is 0.317 e. The average molecular weight is 393 g/mol. The highest BCUT2D eigenvalue weighted by molar-refractivity contribution is 9.10. The first kappa shape index (κ1) is 17.5. The molecule has 1 aromatic heterocycles. The lowest BCUT2D eigenvalue weighted by molar-refractivity contribution is 0.161. The van der Waals surface area contributed by atoms with E-state index in [1.54, 1.807) is 6.07 Å². The first-order valence-corrected chi connectivity index (χ1v) is 9.15. The zero-order chi connectivity index (χ0) is 16.8. The van der Waals surface area contributed by atoms with Crippen LogP contribution in [0.2, 0.25) is 0 Å². The van der Waals surface area contributed by atoms with Gasteiger partial charge in [0.1, 0.15) is 12.1 Å². The molecule has 2 heterocycles. The molecule has 24 heavy (non-hydrogen) atoms. The standard InChI is InChI=1S/C18H22BrFN4/c19-17-4-1-5-18(20)16(17)12-24(11-14-9-22-13-23-10-14)15-3-2-7-21-8-6-15/h1,4-5,9-10,13,15,21H,2-3,6-8,11-12H2. The van der Waals surface area contributed by atoms with Crippen LogP contribution in [-0.2, 0) is 13.1 Å². The van der Waals surface area contributed by atoms with E-state index in [-0.39, 0.29) is 5.82 Å². The second kappa shape index (κ2) is 8.65. The molecule has 1 N–H and O–H groups in total. The van der Waals surface area contributed by atoms with E-state index in [0.717, 1.165) is 48.9 Å². The second-order valence-electron chi connectivity index (χ2n) is 6.19. The lowest BCUT2D eigenvalue weighted by Gasteiger charge is -2.31. The molecule has 0 aliphatic carbocycles. The fourth-order valence-corrected chi connectivity index (χ4v) is 3.68. The summed E-state index contributed by atoms with van der Waals surface area (Å²) < 4.78 is 15.1. The summed E-state index contributed by atoms with van der Waals surface area (Å²) in [6, 6.07) is 5.58. The van der Waals surface area contributed by atoms with Gasteiger partial charge < -0.3 is 5.32 Å². The van der Waals surface area contributed by atoms with E-state index in [1.165, 1.54) is 12.4 Å². The minimum Gasteiger partial charge on any atom is -0.317 e. The van der Waals surface area contributed by atoms with Crippen molar-refractivity contribution in [1.82, 2.24) is 20.2 Å². The number of nitrogens with zero attached hydrogens (tertiary/aromatic N) is 3. The minimum absolute atomic E-state index is 0.162. The van der Waals surface area contributed by atoms with Crippen molar-refractivity contribution in [2.24, 2.45) is 0 Å². The third kappa shape index (κ3) is 4.59. The lowest BCUT2D eigenvalue weighted by Crippen LogP contribution is -2.35. The maximum atomic E-state index is 14.3. The molecule has 128 valence electrons. The Bertz CT molecular complexity index is 624. The maximum Gasteiger partial charge on any atom is 0.128 e. The van der Waals surface area contributed by atoms with E-state index < -0.39 is 0 Å². The van der Waals surface area contributed by atoms with Crippen molar-refractivity contribution in [3.63, 3.8) is 0 Å². The van der Waals surface area contributed by atoms with Gasteiger partial charge in [0.2, 0.25) is 0 Å². The van der Waals surface area contributed by atoms with Gasteiger partial charge in [0.25, 0.3) is 0 Å². The van der Waals surface area contributed by atoms with Gasteiger partial charge in [-0.25, -0.2) is 14.4 Å². The number of rotatable bonds is 5. The third-order valence-corrected chi connectivity index (χ3v) is 5.23. The summed E-state index contributed by atoms with van der Waals surface area (Å²) in [5.74, 6) is -0.162. The van der Waals surface area contributed by atoms with Crippen molar-refractivity contribution in [2.45, 2.75) is 38.4 Å². The molecule has 2 aromatic rings. The van der Waals surface area contributed by atoms with E-state index >= 15 is 0 Å². The molecule has 1 aromatic carbocycles. The van der Waals surface area contributed by atoms with Crippen LogP contribution in [0.15, 0.2) is 41.4 Å². The first-order valence-electron chi connectivity index (χ1n) is 8.35. The molecule has 0 radical (unpaired) electrons. The molecule has 1 unspecified atom stereocenters. The normalized spacial score (nSPS) is 18.5. The quantitative estimate of drug-likeness (QED) is 0.844. The summed E-state index contributed by atoms with van der Waals surface area (Å²) >= 11 is 3.50. The van der Waals surface area contributed by atoms with E-state index in [9.17, 15) is 4.39 Å². The van der Waals surface area contributed by atoms with Gasteiger partial charge in [0, 0.05) is 47.1 Å². The average Bonchev–Trinajstić information content (AvgIpc) is 2.87. The molecule has 1 atom stereocenters. The van der Waals surface area contributed by atoms with Gasteiger partial charge in [-0.3, -0.25) is 4.90 Å². The topological polar surface area (TPSA) is 41.1 Å². The van der Waals surface area contributed by atoms with Gasteiger partial charge in [0.05, 0.1) is 0 Å². The Kier molecular flexibility index (Phi) is 6.29. The van der Waals surface area contributed by atoms with Crippen LogP contribution >= 0.6 is 15.9 Å². The van der Waals surface area contributed by atoms with Gasteiger partial charge in [-0.15, -0.1) is 0 Å². The molecule has 1 saturated heterocycles. The number of aromatic nitrogens is 2. The van der Waals surface area contributed by atoms with Crippen LogP contribution in [0.25, 0.3) is 0 Å². The maximum absolute atomic E-state index is 14.3. The molecule has 0 saturated carbocycles. The Balaban J connectivity index is 1.83. The van der Waals surface area contributed by atoms with Crippen molar-refractivity contribution < 1.29 is 4.39 Å².